The molecule has 0 radical (unpaired) electrons. The summed E-state index contributed by atoms with van der Waals surface area (Å²) in [6.07, 6.45) is 2.26. The molecule has 0 fully saturated rings. The Labute approximate surface area is 74.0 Å². The van der Waals surface area contributed by atoms with Crippen LogP contribution in [0, 0.1) is 0 Å². The fourth-order valence-electron chi connectivity index (χ4n) is 0.823. The molecule has 1 rings (SSSR count). The van der Waals surface area contributed by atoms with Crippen molar-refractivity contribution in [2.24, 2.45) is 0 Å². The zero-order valence-electron chi connectivity index (χ0n) is 6.70. The molecule has 0 unspecified atom stereocenters. The Kier molecular flexibility index (Phi) is 3.31. The van der Waals surface area contributed by atoms with Gasteiger partial charge in [-0.05, 0) is 6.26 Å². The fourth-order valence-corrected chi connectivity index (χ4v) is 1.23. The van der Waals surface area contributed by atoms with E-state index in [0.29, 0.717) is 17.3 Å². The summed E-state index contributed by atoms with van der Waals surface area (Å²) in [7, 11) is 0. The SMILES string of the molecule is CSc1nc(CCO)cc(=O)[nH]1. The lowest BCUT2D eigenvalue weighted by Crippen LogP contribution is -2.10. The number of rotatable bonds is 3. The second-order valence-corrected chi connectivity index (χ2v) is 3.01. The van der Waals surface area contributed by atoms with Gasteiger partial charge in [-0.2, -0.15) is 0 Å². The van der Waals surface area contributed by atoms with Crippen LogP contribution in [0.25, 0.3) is 0 Å². The largest absolute Gasteiger partial charge is 0.396 e. The maximum Gasteiger partial charge on any atom is 0.251 e. The van der Waals surface area contributed by atoms with Gasteiger partial charge in [0.25, 0.3) is 5.56 Å². The summed E-state index contributed by atoms with van der Waals surface area (Å²) >= 11 is 1.37. The number of aromatic nitrogens is 2. The number of aromatic amines is 1. The van der Waals surface area contributed by atoms with E-state index < -0.39 is 0 Å². The second kappa shape index (κ2) is 4.27. The summed E-state index contributed by atoms with van der Waals surface area (Å²) in [4.78, 5) is 17.6. The standard InChI is InChI=1S/C7H10N2O2S/c1-12-7-8-5(2-3-10)4-6(11)9-7/h4,10H,2-3H2,1H3,(H,8,9,11). The maximum atomic E-state index is 11.0. The Balaban J connectivity index is 2.98. The minimum Gasteiger partial charge on any atom is -0.396 e. The highest BCUT2D eigenvalue weighted by Gasteiger charge is 1.98. The number of H-pyrrole nitrogens is 1. The van der Waals surface area contributed by atoms with Crippen molar-refractivity contribution in [1.29, 1.82) is 0 Å². The minimum atomic E-state index is -0.169. The molecule has 0 saturated carbocycles. The van der Waals surface area contributed by atoms with Crippen LogP contribution in [0.2, 0.25) is 0 Å². The smallest absolute Gasteiger partial charge is 0.251 e. The van der Waals surface area contributed by atoms with E-state index in [0.717, 1.165) is 0 Å². The summed E-state index contributed by atoms with van der Waals surface area (Å²) in [5.41, 5.74) is 0.461. The number of aliphatic hydroxyl groups is 1. The van der Waals surface area contributed by atoms with Crippen molar-refractivity contribution in [3.05, 3.63) is 22.1 Å². The first-order valence-corrected chi connectivity index (χ1v) is 4.74. The van der Waals surface area contributed by atoms with Gasteiger partial charge in [0.05, 0.1) is 5.69 Å². The Morgan fingerprint density at radius 2 is 2.50 bits per heavy atom. The van der Waals surface area contributed by atoms with Gasteiger partial charge in [-0.1, -0.05) is 11.8 Å². The molecule has 1 aromatic heterocycles. The summed E-state index contributed by atoms with van der Waals surface area (Å²) in [6.45, 7) is 0.0181. The average molecular weight is 186 g/mol. The van der Waals surface area contributed by atoms with E-state index in [9.17, 15) is 4.79 Å². The summed E-state index contributed by atoms with van der Waals surface area (Å²) in [6, 6.07) is 1.40. The Hall–Kier alpha value is -0.810. The quantitative estimate of drug-likeness (QED) is 0.516. The van der Waals surface area contributed by atoms with Crippen LogP contribution in [0.4, 0.5) is 0 Å². The van der Waals surface area contributed by atoms with Gasteiger partial charge in [-0.25, -0.2) is 4.98 Å². The van der Waals surface area contributed by atoms with Crippen molar-refractivity contribution < 1.29 is 5.11 Å². The molecule has 1 heterocycles. The number of nitrogens with one attached hydrogen (secondary N) is 1. The van der Waals surface area contributed by atoms with Gasteiger partial charge in [0, 0.05) is 19.1 Å². The van der Waals surface area contributed by atoms with Gasteiger partial charge in [0.2, 0.25) is 0 Å². The second-order valence-electron chi connectivity index (χ2n) is 2.22. The van der Waals surface area contributed by atoms with E-state index in [1.807, 2.05) is 6.26 Å². The van der Waals surface area contributed by atoms with Gasteiger partial charge in [-0.15, -0.1) is 0 Å². The van der Waals surface area contributed by atoms with Crippen LogP contribution in [0.15, 0.2) is 16.0 Å². The van der Waals surface area contributed by atoms with Crippen molar-refractivity contribution in [3.8, 4) is 0 Å². The molecule has 0 aromatic carbocycles. The molecule has 4 nitrogen and oxygen atoms in total. The monoisotopic (exact) mass is 186 g/mol. The summed E-state index contributed by atoms with van der Waals surface area (Å²) in [5, 5.41) is 9.20. The topological polar surface area (TPSA) is 66.0 Å². The van der Waals surface area contributed by atoms with Crippen LogP contribution in [-0.4, -0.2) is 27.9 Å². The third kappa shape index (κ3) is 2.35. The lowest BCUT2D eigenvalue weighted by molar-refractivity contribution is 0.298. The molecule has 12 heavy (non-hydrogen) atoms. The van der Waals surface area contributed by atoms with Gasteiger partial charge in [0.1, 0.15) is 0 Å². The molecule has 1 aromatic rings. The van der Waals surface area contributed by atoms with Crippen LogP contribution < -0.4 is 5.56 Å². The van der Waals surface area contributed by atoms with Crippen LogP contribution in [-0.2, 0) is 6.42 Å². The van der Waals surface area contributed by atoms with E-state index in [-0.39, 0.29) is 12.2 Å². The van der Waals surface area contributed by atoms with Gasteiger partial charge in [-0.3, -0.25) is 4.79 Å². The Bertz CT molecular complexity index is 311. The highest BCUT2D eigenvalue weighted by Crippen LogP contribution is 2.05. The van der Waals surface area contributed by atoms with Crippen molar-refractivity contribution >= 4 is 11.8 Å². The lowest BCUT2D eigenvalue weighted by Gasteiger charge is -1.98. The van der Waals surface area contributed by atoms with Crippen LogP contribution in [0.3, 0.4) is 0 Å². The number of nitrogens with zero attached hydrogens (tertiary/aromatic N) is 1. The minimum absolute atomic E-state index is 0.0181. The van der Waals surface area contributed by atoms with Crippen LogP contribution >= 0.6 is 11.8 Å². The van der Waals surface area contributed by atoms with E-state index in [4.69, 9.17) is 5.11 Å². The van der Waals surface area contributed by atoms with E-state index in [1.165, 1.54) is 17.8 Å². The molecule has 66 valence electrons. The number of thioether (sulfide) groups is 1. The van der Waals surface area contributed by atoms with Crippen molar-refractivity contribution in [2.45, 2.75) is 11.6 Å². The summed E-state index contributed by atoms with van der Waals surface area (Å²) < 4.78 is 0. The number of hydrogen-bond acceptors (Lipinski definition) is 4. The highest BCUT2D eigenvalue weighted by atomic mass is 32.2. The maximum absolute atomic E-state index is 11.0. The molecule has 0 atom stereocenters. The number of aliphatic hydroxyl groups excluding tert-OH is 1. The lowest BCUT2D eigenvalue weighted by atomic mass is 10.3. The van der Waals surface area contributed by atoms with Crippen LogP contribution in [0.5, 0.6) is 0 Å². The van der Waals surface area contributed by atoms with E-state index in [2.05, 4.69) is 9.97 Å². The first-order valence-electron chi connectivity index (χ1n) is 3.51. The van der Waals surface area contributed by atoms with Crippen molar-refractivity contribution in [3.63, 3.8) is 0 Å². The molecular formula is C7H10N2O2S. The van der Waals surface area contributed by atoms with Crippen LogP contribution in [0.1, 0.15) is 5.69 Å². The van der Waals surface area contributed by atoms with Gasteiger partial charge >= 0.3 is 0 Å². The van der Waals surface area contributed by atoms with Gasteiger partial charge in [0.15, 0.2) is 5.16 Å². The molecule has 0 spiro atoms. The molecule has 0 aliphatic carbocycles. The molecule has 0 bridgehead atoms. The first-order chi connectivity index (χ1) is 5.76. The average Bonchev–Trinajstić information content (AvgIpc) is 2.04. The zero-order valence-corrected chi connectivity index (χ0v) is 7.52. The predicted octanol–water partition coefficient (Wildman–Crippen LogP) is 0.0266. The molecule has 0 aliphatic heterocycles. The molecular weight excluding hydrogens is 176 g/mol. The molecule has 0 amide bonds. The Morgan fingerprint density at radius 1 is 1.75 bits per heavy atom. The molecule has 2 N–H and O–H groups in total. The normalized spacial score (nSPS) is 10.2. The zero-order chi connectivity index (χ0) is 8.97. The van der Waals surface area contributed by atoms with Crippen molar-refractivity contribution in [1.82, 2.24) is 9.97 Å². The third-order valence-electron chi connectivity index (χ3n) is 1.33. The Morgan fingerprint density at radius 3 is 3.08 bits per heavy atom. The predicted molar refractivity (Wildman–Crippen MR) is 47.4 cm³/mol. The summed E-state index contributed by atoms with van der Waals surface area (Å²) in [5.74, 6) is 0. The van der Waals surface area contributed by atoms with E-state index in [1.54, 1.807) is 0 Å². The van der Waals surface area contributed by atoms with Gasteiger partial charge < -0.3 is 10.1 Å². The number of hydrogen-bond donors (Lipinski definition) is 2. The molecule has 5 heteroatoms. The highest BCUT2D eigenvalue weighted by molar-refractivity contribution is 7.98. The first kappa shape index (κ1) is 9.28. The third-order valence-corrected chi connectivity index (χ3v) is 1.91. The molecule has 0 saturated heterocycles. The van der Waals surface area contributed by atoms with Crippen molar-refractivity contribution in [2.75, 3.05) is 12.9 Å². The fraction of sp³-hybridized carbons (Fsp3) is 0.429. The van der Waals surface area contributed by atoms with E-state index >= 15 is 0 Å². The molecule has 0 aliphatic rings.